The number of carbonyl (C=O) groups is 2. The number of carbonyl (C=O) groups excluding carboxylic acids is 2. The maximum atomic E-state index is 13.2. The van der Waals surface area contributed by atoms with Crippen molar-refractivity contribution in [3.05, 3.63) is 53.2 Å². The monoisotopic (exact) mass is 440 g/mol. The SMILES string of the molecule is Cc1ccc(Sc2ncccc2C(=O)N2CCN(CC(=O)NC(C)(C)C)CC2)cc1C. The fraction of sp³-hybridized carbons (Fsp3) is 0.458. The lowest BCUT2D eigenvalue weighted by Crippen LogP contribution is -2.52. The van der Waals surface area contributed by atoms with Gasteiger partial charge in [0.25, 0.3) is 5.91 Å². The zero-order valence-corrected chi connectivity index (χ0v) is 19.9. The van der Waals surface area contributed by atoms with Crippen LogP contribution in [0.4, 0.5) is 0 Å². The summed E-state index contributed by atoms with van der Waals surface area (Å²) in [5, 5.41) is 3.72. The van der Waals surface area contributed by atoms with Gasteiger partial charge in [0.15, 0.2) is 0 Å². The molecule has 166 valence electrons. The van der Waals surface area contributed by atoms with Crippen LogP contribution < -0.4 is 5.32 Å². The zero-order chi connectivity index (χ0) is 22.6. The number of nitrogens with one attached hydrogen (secondary N) is 1. The Morgan fingerprint density at radius 2 is 1.77 bits per heavy atom. The van der Waals surface area contributed by atoms with Crippen molar-refractivity contribution >= 4 is 23.6 Å². The largest absolute Gasteiger partial charge is 0.350 e. The van der Waals surface area contributed by atoms with Gasteiger partial charge in [-0.3, -0.25) is 14.5 Å². The molecule has 2 aromatic rings. The van der Waals surface area contributed by atoms with Crippen LogP contribution in [0.3, 0.4) is 0 Å². The van der Waals surface area contributed by atoms with E-state index in [0.717, 1.165) is 9.92 Å². The number of aromatic nitrogens is 1. The minimum absolute atomic E-state index is 0.00164. The van der Waals surface area contributed by atoms with E-state index in [1.807, 2.05) is 37.8 Å². The van der Waals surface area contributed by atoms with E-state index in [-0.39, 0.29) is 17.4 Å². The van der Waals surface area contributed by atoms with E-state index in [2.05, 4.69) is 47.2 Å². The molecule has 0 spiro atoms. The molecule has 1 N–H and O–H groups in total. The van der Waals surface area contributed by atoms with Gasteiger partial charge in [0, 0.05) is 42.8 Å². The molecule has 1 aromatic heterocycles. The number of rotatable bonds is 5. The lowest BCUT2D eigenvalue weighted by atomic mass is 10.1. The van der Waals surface area contributed by atoms with Gasteiger partial charge in [-0.15, -0.1) is 0 Å². The third-order valence-corrected chi connectivity index (χ3v) is 6.24. The predicted molar refractivity (Wildman–Crippen MR) is 125 cm³/mol. The fourth-order valence-corrected chi connectivity index (χ4v) is 4.44. The highest BCUT2D eigenvalue weighted by molar-refractivity contribution is 7.99. The Bertz CT molecular complexity index is 947. The van der Waals surface area contributed by atoms with Crippen LogP contribution in [-0.4, -0.2) is 64.9 Å². The summed E-state index contributed by atoms with van der Waals surface area (Å²) in [4.78, 5) is 34.9. The van der Waals surface area contributed by atoms with Crippen molar-refractivity contribution in [3.8, 4) is 0 Å². The van der Waals surface area contributed by atoms with E-state index in [1.165, 1.54) is 22.9 Å². The molecular formula is C24H32N4O2S. The summed E-state index contributed by atoms with van der Waals surface area (Å²) in [6.45, 7) is 13.0. The van der Waals surface area contributed by atoms with Crippen molar-refractivity contribution in [1.82, 2.24) is 20.1 Å². The van der Waals surface area contributed by atoms with Crippen LogP contribution in [0.2, 0.25) is 0 Å². The second-order valence-corrected chi connectivity index (χ2v) is 10.1. The number of benzene rings is 1. The number of hydrogen-bond donors (Lipinski definition) is 1. The number of piperazine rings is 1. The summed E-state index contributed by atoms with van der Waals surface area (Å²) in [6.07, 6.45) is 1.73. The van der Waals surface area contributed by atoms with E-state index < -0.39 is 0 Å². The van der Waals surface area contributed by atoms with E-state index >= 15 is 0 Å². The first-order chi connectivity index (χ1) is 14.6. The van der Waals surface area contributed by atoms with Crippen LogP contribution >= 0.6 is 11.8 Å². The zero-order valence-electron chi connectivity index (χ0n) is 19.1. The molecule has 0 bridgehead atoms. The van der Waals surface area contributed by atoms with Crippen LogP contribution in [0.5, 0.6) is 0 Å². The smallest absolute Gasteiger partial charge is 0.256 e. The van der Waals surface area contributed by atoms with Gasteiger partial charge in [0.1, 0.15) is 5.03 Å². The Hall–Kier alpha value is -2.38. The average Bonchev–Trinajstić information content (AvgIpc) is 2.70. The molecule has 0 aliphatic carbocycles. The maximum Gasteiger partial charge on any atom is 0.256 e. The maximum absolute atomic E-state index is 13.2. The van der Waals surface area contributed by atoms with Crippen molar-refractivity contribution in [2.75, 3.05) is 32.7 Å². The molecule has 1 aliphatic heterocycles. The molecule has 1 aliphatic rings. The van der Waals surface area contributed by atoms with E-state index in [1.54, 1.807) is 6.20 Å². The van der Waals surface area contributed by atoms with Crippen LogP contribution in [0.1, 0.15) is 42.3 Å². The fourth-order valence-electron chi connectivity index (χ4n) is 3.46. The van der Waals surface area contributed by atoms with Gasteiger partial charge < -0.3 is 10.2 Å². The van der Waals surface area contributed by atoms with E-state index in [0.29, 0.717) is 38.3 Å². The molecular weight excluding hydrogens is 408 g/mol. The summed E-state index contributed by atoms with van der Waals surface area (Å²) in [7, 11) is 0. The number of hydrogen-bond acceptors (Lipinski definition) is 5. The topological polar surface area (TPSA) is 65.5 Å². The molecule has 2 heterocycles. The summed E-state index contributed by atoms with van der Waals surface area (Å²) >= 11 is 1.52. The van der Waals surface area contributed by atoms with Crippen LogP contribution in [0, 0.1) is 13.8 Å². The molecule has 7 heteroatoms. The minimum atomic E-state index is -0.237. The number of amides is 2. The highest BCUT2D eigenvalue weighted by atomic mass is 32.2. The Labute approximate surface area is 189 Å². The Morgan fingerprint density at radius 1 is 1.06 bits per heavy atom. The molecule has 1 fully saturated rings. The standard InChI is InChI=1S/C24H32N4O2S/c1-17-8-9-19(15-18(17)2)31-22-20(7-6-10-25-22)23(30)28-13-11-27(12-14-28)16-21(29)26-24(3,4)5/h6-10,15H,11-14,16H2,1-5H3,(H,26,29). The van der Waals surface area contributed by atoms with Gasteiger partial charge in [0.2, 0.25) is 5.91 Å². The van der Waals surface area contributed by atoms with E-state index in [9.17, 15) is 9.59 Å². The molecule has 0 unspecified atom stereocenters. The lowest BCUT2D eigenvalue weighted by molar-refractivity contribution is -0.124. The second kappa shape index (κ2) is 9.83. The molecule has 3 rings (SSSR count). The van der Waals surface area contributed by atoms with Gasteiger partial charge in [-0.05, 0) is 70.0 Å². The first-order valence-corrected chi connectivity index (χ1v) is 11.5. The Balaban J connectivity index is 1.62. The van der Waals surface area contributed by atoms with Crippen molar-refractivity contribution in [3.63, 3.8) is 0 Å². The van der Waals surface area contributed by atoms with Crippen molar-refractivity contribution in [2.24, 2.45) is 0 Å². The van der Waals surface area contributed by atoms with Gasteiger partial charge in [-0.2, -0.15) is 0 Å². The minimum Gasteiger partial charge on any atom is -0.350 e. The number of pyridine rings is 1. The summed E-state index contributed by atoms with van der Waals surface area (Å²) in [5.41, 5.74) is 2.86. The number of aryl methyl sites for hydroxylation is 2. The number of nitrogens with zero attached hydrogens (tertiary/aromatic N) is 3. The van der Waals surface area contributed by atoms with Crippen LogP contribution in [-0.2, 0) is 4.79 Å². The third-order valence-electron chi connectivity index (χ3n) is 5.24. The molecule has 1 saturated heterocycles. The van der Waals surface area contributed by atoms with Gasteiger partial charge in [-0.1, -0.05) is 17.8 Å². The Kier molecular flexibility index (Phi) is 7.38. The van der Waals surface area contributed by atoms with Crippen molar-refractivity contribution < 1.29 is 9.59 Å². The molecule has 2 amide bonds. The average molecular weight is 441 g/mol. The lowest BCUT2D eigenvalue weighted by Gasteiger charge is -2.35. The highest BCUT2D eigenvalue weighted by Gasteiger charge is 2.26. The van der Waals surface area contributed by atoms with Gasteiger partial charge in [0.05, 0.1) is 12.1 Å². The van der Waals surface area contributed by atoms with E-state index in [4.69, 9.17) is 0 Å². The highest BCUT2D eigenvalue weighted by Crippen LogP contribution is 2.30. The summed E-state index contributed by atoms with van der Waals surface area (Å²) < 4.78 is 0. The first kappa shape index (κ1) is 23.3. The second-order valence-electron chi connectivity index (χ2n) is 9.07. The quantitative estimate of drug-likeness (QED) is 0.771. The van der Waals surface area contributed by atoms with Crippen molar-refractivity contribution in [2.45, 2.75) is 50.1 Å². The van der Waals surface area contributed by atoms with Gasteiger partial charge in [-0.25, -0.2) is 4.98 Å². The third kappa shape index (κ3) is 6.55. The predicted octanol–water partition coefficient (Wildman–Crippen LogP) is 3.52. The van der Waals surface area contributed by atoms with Crippen molar-refractivity contribution in [1.29, 1.82) is 0 Å². The normalized spacial score (nSPS) is 15.1. The molecule has 1 aromatic carbocycles. The Morgan fingerprint density at radius 3 is 2.42 bits per heavy atom. The first-order valence-electron chi connectivity index (χ1n) is 10.6. The van der Waals surface area contributed by atoms with Crippen LogP contribution in [0.25, 0.3) is 0 Å². The van der Waals surface area contributed by atoms with Gasteiger partial charge >= 0.3 is 0 Å². The molecule has 0 atom stereocenters. The molecule has 31 heavy (non-hydrogen) atoms. The molecule has 0 radical (unpaired) electrons. The van der Waals surface area contributed by atoms with Crippen LogP contribution in [0.15, 0.2) is 46.5 Å². The molecule has 6 nitrogen and oxygen atoms in total. The summed E-state index contributed by atoms with van der Waals surface area (Å²) in [5.74, 6) is 0.0184. The molecule has 0 saturated carbocycles. The summed E-state index contributed by atoms with van der Waals surface area (Å²) in [6, 6.07) is 9.95.